The number of hydrogen-bond acceptors (Lipinski definition) is 4. The van der Waals surface area contributed by atoms with Crippen LogP contribution in [0.4, 0.5) is 9.59 Å². The molecule has 0 aromatic heterocycles. The van der Waals surface area contributed by atoms with Crippen molar-refractivity contribution < 1.29 is 19.1 Å². The maximum atomic E-state index is 12.2. The second kappa shape index (κ2) is 8.77. The first kappa shape index (κ1) is 19.9. The summed E-state index contributed by atoms with van der Waals surface area (Å²) in [5.41, 5.74) is -0.200. The molecule has 2 atom stereocenters. The van der Waals surface area contributed by atoms with Crippen LogP contribution in [0.15, 0.2) is 0 Å². The quantitative estimate of drug-likeness (QED) is 0.666. The zero-order valence-electron chi connectivity index (χ0n) is 16.3. The molecule has 2 fully saturated rings. The minimum absolute atomic E-state index is 0.200. The highest BCUT2D eigenvalue weighted by Gasteiger charge is 2.52. The van der Waals surface area contributed by atoms with E-state index in [1.54, 1.807) is 9.80 Å². The Labute approximate surface area is 151 Å². The molecule has 0 aromatic rings. The van der Waals surface area contributed by atoms with Gasteiger partial charge in [0.1, 0.15) is 13.2 Å². The molecule has 0 spiro atoms. The molecule has 0 heterocycles. The van der Waals surface area contributed by atoms with Crippen LogP contribution in [0.5, 0.6) is 0 Å². The predicted octanol–water partition coefficient (Wildman–Crippen LogP) is 3.75. The molecule has 2 aliphatic carbocycles. The fourth-order valence-electron chi connectivity index (χ4n) is 4.51. The van der Waals surface area contributed by atoms with Crippen LogP contribution in [0.2, 0.25) is 0 Å². The van der Waals surface area contributed by atoms with E-state index in [0.717, 1.165) is 12.8 Å². The normalized spacial score (nSPS) is 23.4. The second-order valence-electron chi connectivity index (χ2n) is 7.40. The second-order valence-corrected chi connectivity index (χ2v) is 7.40. The Morgan fingerprint density at radius 3 is 1.68 bits per heavy atom. The zero-order valence-corrected chi connectivity index (χ0v) is 16.3. The third-order valence-corrected chi connectivity index (χ3v) is 6.11. The number of carbonyl (C=O) groups is 2. The third-order valence-electron chi connectivity index (χ3n) is 6.11. The lowest BCUT2D eigenvalue weighted by Crippen LogP contribution is -2.43. The van der Waals surface area contributed by atoms with Crippen molar-refractivity contribution in [3.05, 3.63) is 0 Å². The average molecular weight is 354 g/mol. The van der Waals surface area contributed by atoms with E-state index in [4.69, 9.17) is 9.47 Å². The van der Waals surface area contributed by atoms with Gasteiger partial charge in [-0.25, -0.2) is 9.59 Å². The third kappa shape index (κ3) is 4.39. The molecule has 2 unspecified atom stereocenters. The van der Waals surface area contributed by atoms with Crippen LogP contribution in [0.1, 0.15) is 53.4 Å². The standard InChI is InChI=1S/C19H34N2O4/c1-5-20(6-2)17(22)24-13-19(12-15-9-10-16(19)11-15)14-25-18(23)21(7-3)8-4/h15-16H,5-14H2,1-4H3. The molecular formula is C19H34N2O4. The molecule has 2 saturated carbocycles. The van der Waals surface area contributed by atoms with Crippen LogP contribution in [0.3, 0.4) is 0 Å². The maximum absolute atomic E-state index is 12.2. The van der Waals surface area contributed by atoms with Crippen molar-refractivity contribution in [1.82, 2.24) is 9.80 Å². The Kier molecular flexibility index (Phi) is 6.96. The van der Waals surface area contributed by atoms with Crippen molar-refractivity contribution in [2.75, 3.05) is 39.4 Å². The van der Waals surface area contributed by atoms with Crippen LogP contribution < -0.4 is 0 Å². The summed E-state index contributed by atoms with van der Waals surface area (Å²) >= 11 is 0. The molecule has 2 bridgehead atoms. The number of amides is 2. The molecule has 25 heavy (non-hydrogen) atoms. The number of rotatable bonds is 8. The summed E-state index contributed by atoms with van der Waals surface area (Å²) < 4.78 is 11.3. The Balaban J connectivity index is 1.98. The fraction of sp³-hybridized carbons (Fsp3) is 0.895. The summed E-state index contributed by atoms with van der Waals surface area (Å²) in [7, 11) is 0. The molecule has 6 nitrogen and oxygen atoms in total. The van der Waals surface area contributed by atoms with Gasteiger partial charge in [-0.3, -0.25) is 0 Å². The number of carbonyl (C=O) groups excluding carboxylic acids is 2. The lowest BCUT2D eigenvalue weighted by molar-refractivity contribution is -0.0225. The van der Waals surface area contributed by atoms with Crippen molar-refractivity contribution >= 4 is 12.2 Å². The Hall–Kier alpha value is -1.46. The van der Waals surface area contributed by atoms with E-state index in [1.807, 2.05) is 27.7 Å². The van der Waals surface area contributed by atoms with Crippen molar-refractivity contribution in [1.29, 1.82) is 0 Å². The molecule has 0 aliphatic heterocycles. The molecule has 6 heteroatoms. The number of nitrogens with zero attached hydrogens (tertiary/aromatic N) is 2. The minimum Gasteiger partial charge on any atom is -0.449 e. The van der Waals surface area contributed by atoms with Crippen LogP contribution in [0.25, 0.3) is 0 Å². The number of fused-ring (bicyclic) bond motifs is 2. The number of hydrogen-bond donors (Lipinski definition) is 0. The molecular weight excluding hydrogens is 320 g/mol. The smallest absolute Gasteiger partial charge is 0.409 e. The molecule has 144 valence electrons. The Bertz CT molecular complexity index is 432. The molecule has 0 saturated heterocycles. The van der Waals surface area contributed by atoms with E-state index in [9.17, 15) is 9.59 Å². The van der Waals surface area contributed by atoms with E-state index in [2.05, 4.69) is 0 Å². The fourth-order valence-corrected chi connectivity index (χ4v) is 4.51. The van der Waals surface area contributed by atoms with Crippen molar-refractivity contribution in [2.24, 2.45) is 17.3 Å². The van der Waals surface area contributed by atoms with Gasteiger partial charge in [0.15, 0.2) is 0 Å². The zero-order chi connectivity index (χ0) is 18.4. The van der Waals surface area contributed by atoms with Gasteiger partial charge in [0.25, 0.3) is 0 Å². The molecule has 0 radical (unpaired) electrons. The van der Waals surface area contributed by atoms with Crippen LogP contribution in [0, 0.1) is 17.3 Å². The van der Waals surface area contributed by atoms with E-state index in [-0.39, 0.29) is 17.6 Å². The molecule has 0 aromatic carbocycles. The average Bonchev–Trinajstić information content (AvgIpc) is 3.22. The van der Waals surface area contributed by atoms with E-state index in [0.29, 0.717) is 51.2 Å². The van der Waals surface area contributed by atoms with Gasteiger partial charge in [0.05, 0.1) is 0 Å². The van der Waals surface area contributed by atoms with Gasteiger partial charge in [-0.15, -0.1) is 0 Å². The van der Waals surface area contributed by atoms with Gasteiger partial charge in [0.2, 0.25) is 0 Å². The maximum Gasteiger partial charge on any atom is 0.409 e. The topological polar surface area (TPSA) is 59.1 Å². The van der Waals surface area contributed by atoms with Crippen LogP contribution >= 0.6 is 0 Å². The molecule has 2 amide bonds. The summed E-state index contributed by atoms with van der Waals surface area (Å²) in [5.74, 6) is 1.18. The summed E-state index contributed by atoms with van der Waals surface area (Å²) in [6.45, 7) is 11.1. The number of ether oxygens (including phenoxy) is 2. The van der Waals surface area contributed by atoms with Gasteiger partial charge in [-0.1, -0.05) is 6.42 Å². The predicted molar refractivity (Wildman–Crippen MR) is 96.4 cm³/mol. The summed E-state index contributed by atoms with van der Waals surface area (Å²) in [6, 6.07) is 0. The van der Waals surface area contributed by atoms with Crippen LogP contribution in [-0.2, 0) is 9.47 Å². The van der Waals surface area contributed by atoms with Crippen LogP contribution in [-0.4, -0.2) is 61.4 Å². The van der Waals surface area contributed by atoms with E-state index in [1.165, 1.54) is 12.8 Å². The van der Waals surface area contributed by atoms with Crippen molar-refractivity contribution in [3.8, 4) is 0 Å². The molecule has 2 rings (SSSR count). The monoisotopic (exact) mass is 354 g/mol. The molecule has 2 aliphatic rings. The SMILES string of the molecule is CCN(CC)C(=O)OCC1(COC(=O)N(CC)CC)CC2CCC1C2. The first-order valence-corrected chi connectivity index (χ1v) is 9.82. The van der Waals surface area contributed by atoms with Gasteiger partial charge in [0, 0.05) is 31.6 Å². The summed E-state index contributed by atoms with van der Waals surface area (Å²) in [4.78, 5) is 27.8. The van der Waals surface area contributed by atoms with Gasteiger partial charge >= 0.3 is 12.2 Å². The first-order valence-electron chi connectivity index (χ1n) is 9.82. The summed E-state index contributed by atoms with van der Waals surface area (Å²) in [5, 5.41) is 0. The van der Waals surface area contributed by atoms with Crippen molar-refractivity contribution in [2.45, 2.75) is 53.4 Å². The van der Waals surface area contributed by atoms with Gasteiger partial charge in [-0.05, 0) is 58.8 Å². The highest BCUT2D eigenvalue weighted by atomic mass is 16.6. The van der Waals surface area contributed by atoms with E-state index >= 15 is 0 Å². The lowest BCUT2D eigenvalue weighted by Gasteiger charge is -2.37. The Morgan fingerprint density at radius 1 is 0.880 bits per heavy atom. The first-order chi connectivity index (χ1) is 12.0. The highest BCUT2D eigenvalue weighted by Crippen LogP contribution is 2.56. The van der Waals surface area contributed by atoms with Gasteiger partial charge in [-0.2, -0.15) is 0 Å². The Morgan fingerprint density at radius 2 is 1.36 bits per heavy atom. The lowest BCUT2D eigenvalue weighted by atomic mass is 9.74. The largest absolute Gasteiger partial charge is 0.449 e. The minimum atomic E-state index is -0.262. The van der Waals surface area contributed by atoms with Crippen molar-refractivity contribution in [3.63, 3.8) is 0 Å². The van der Waals surface area contributed by atoms with Gasteiger partial charge < -0.3 is 19.3 Å². The van der Waals surface area contributed by atoms with E-state index < -0.39 is 0 Å². The highest BCUT2D eigenvalue weighted by molar-refractivity contribution is 5.68. The summed E-state index contributed by atoms with van der Waals surface area (Å²) in [6.07, 6.45) is 4.04. The molecule has 0 N–H and O–H groups in total.